The fraction of sp³-hybridized carbons (Fsp3) is 0.429. The lowest BCUT2D eigenvalue weighted by atomic mass is 9.99. The number of nitrogens with zero attached hydrogens (tertiary/aromatic N) is 2. The Bertz CT molecular complexity index is 529. The maximum atomic E-state index is 4.62. The van der Waals surface area contributed by atoms with Crippen molar-refractivity contribution in [3.63, 3.8) is 0 Å². The number of hydrogen-bond acceptors (Lipinski definition) is 4. The van der Waals surface area contributed by atoms with Crippen LogP contribution in [0.25, 0.3) is 10.4 Å². The van der Waals surface area contributed by atoms with Crippen LogP contribution in [0.3, 0.4) is 0 Å². The zero-order chi connectivity index (χ0) is 12.4. The second kappa shape index (κ2) is 5.16. The van der Waals surface area contributed by atoms with E-state index in [2.05, 4.69) is 27.4 Å². The number of piperidine rings is 1. The average molecular weight is 259 g/mol. The molecule has 3 nitrogen and oxygen atoms in total. The minimum atomic E-state index is 0.646. The molecule has 0 spiro atoms. The first-order chi connectivity index (χ1) is 8.83. The molecule has 0 aliphatic carbocycles. The number of thiazole rings is 1. The highest BCUT2D eigenvalue weighted by Gasteiger charge is 2.18. The lowest BCUT2D eigenvalue weighted by Gasteiger charge is -2.20. The van der Waals surface area contributed by atoms with Gasteiger partial charge in [-0.25, -0.2) is 4.98 Å². The van der Waals surface area contributed by atoms with Crippen molar-refractivity contribution < 1.29 is 0 Å². The zero-order valence-corrected chi connectivity index (χ0v) is 11.3. The minimum Gasteiger partial charge on any atom is -0.317 e. The summed E-state index contributed by atoms with van der Waals surface area (Å²) in [6.45, 7) is 4.26. The van der Waals surface area contributed by atoms with Gasteiger partial charge in [0, 0.05) is 24.0 Å². The summed E-state index contributed by atoms with van der Waals surface area (Å²) in [4.78, 5) is 10.1. The van der Waals surface area contributed by atoms with Gasteiger partial charge in [-0.3, -0.25) is 4.98 Å². The molecule has 1 fully saturated rings. The van der Waals surface area contributed by atoms with Crippen LogP contribution in [0.1, 0.15) is 29.5 Å². The maximum absolute atomic E-state index is 4.62. The van der Waals surface area contributed by atoms with Gasteiger partial charge < -0.3 is 5.32 Å². The molecule has 94 valence electrons. The van der Waals surface area contributed by atoms with E-state index >= 15 is 0 Å². The van der Waals surface area contributed by atoms with Crippen molar-refractivity contribution in [2.45, 2.75) is 25.7 Å². The van der Waals surface area contributed by atoms with Gasteiger partial charge in [-0.05, 0) is 50.6 Å². The van der Waals surface area contributed by atoms with Crippen LogP contribution >= 0.6 is 11.3 Å². The molecule has 0 radical (unpaired) electrons. The Morgan fingerprint density at radius 3 is 2.89 bits per heavy atom. The molecule has 4 heteroatoms. The second-order valence-corrected chi connectivity index (χ2v) is 5.84. The molecule has 0 amide bonds. The van der Waals surface area contributed by atoms with Gasteiger partial charge >= 0.3 is 0 Å². The van der Waals surface area contributed by atoms with E-state index in [0.29, 0.717) is 5.92 Å². The highest BCUT2D eigenvalue weighted by Crippen LogP contribution is 2.33. The average Bonchev–Trinajstić information content (AvgIpc) is 2.89. The number of pyridine rings is 1. The first kappa shape index (κ1) is 11.8. The smallest absolute Gasteiger partial charge is 0.0963 e. The van der Waals surface area contributed by atoms with Gasteiger partial charge in [-0.2, -0.15) is 0 Å². The molecule has 1 saturated heterocycles. The van der Waals surface area contributed by atoms with Gasteiger partial charge in [0.15, 0.2) is 0 Å². The van der Waals surface area contributed by atoms with Crippen molar-refractivity contribution in [2.24, 2.45) is 0 Å². The molecule has 1 N–H and O–H groups in total. The molecule has 2 aromatic rings. The summed E-state index contributed by atoms with van der Waals surface area (Å²) in [5.41, 5.74) is 2.30. The van der Waals surface area contributed by atoms with E-state index in [1.54, 1.807) is 0 Å². The maximum Gasteiger partial charge on any atom is 0.0963 e. The Morgan fingerprint density at radius 1 is 1.28 bits per heavy atom. The van der Waals surface area contributed by atoms with Crippen LogP contribution in [0, 0.1) is 6.92 Å². The van der Waals surface area contributed by atoms with Crippen molar-refractivity contribution in [3.05, 3.63) is 35.2 Å². The van der Waals surface area contributed by atoms with Gasteiger partial charge in [0.05, 0.1) is 9.88 Å². The predicted molar refractivity (Wildman–Crippen MR) is 74.9 cm³/mol. The van der Waals surface area contributed by atoms with Crippen molar-refractivity contribution in [1.82, 2.24) is 15.3 Å². The first-order valence-corrected chi connectivity index (χ1v) is 7.24. The molecule has 3 heterocycles. The summed E-state index contributed by atoms with van der Waals surface area (Å²) >= 11 is 1.83. The van der Waals surface area contributed by atoms with Crippen LogP contribution in [0.2, 0.25) is 0 Å². The van der Waals surface area contributed by atoms with Crippen LogP contribution in [-0.2, 0) is 0 Å². The highest BCUT2D eigenvalue weighted by molar-refractivity contribution is 7.15. The molecule has 3 rings (SSSR count). The molecule has 0 atom stereocenters. The van der Waals surface area contributed by atoms with E-state index in [0.717, 1.165) is 18.8 Å². The summed E-state index contributed by atoms with van der Waals surface area (Å²) < 4.78 is 0. The van der Waals surface area contributed by atoms with Crippen molar-refractivity contribution in [2.75, 3.05) is 13.1 Å². The zero-order valence-electron chi connectivity index (χ0n) is 10.5. The third-order valence-corrected chi connectivity index (χ3v) is 4.60. The molecule has 0 unspecified atom stereocenters. The van der Waals surface area contributed by atoms with E-state index in [-0.39, 0.29) is 0 Å². The fourth-order valence-corrected chi connectivity index (χ4v) is 3.46. The Morgan fingerprint density at radius 2 is 2.11 bits per heavy atom. The summed E-state index contributed by atoms with van der Waals surface area (Å²) in [5, 5.41) is 4.69. The summed E-state index contributed by atoms with van der Waals surface area (Å²) in [6.07, 6.45) is 6.30. The van der Waals surface area contributed by atoms with E-state index in [9.17, 15) is 0 Å². The SMILES string of the molecule is Cc1cc(-c2cnc(C3CCNCC3)s2)ccn1. The van der Waals surface area contributed by atoms with E-state index in [1.165, 1.54) is 28.3 Å². The van der Waals surface area contributed by atoms with Gasteiger partial charge in [-0.15, -0.1) is 11.3 Å². The van der Waals surface area contributed by atoms with Crippen LogP contribution in [0.15, 0.2) is 24.5 Å². The Hall–Kier alpha value is -1.26. The minimum absolute atomic E-state index is 0.646. The topological polar surface area (TPSA) is 37.8 Å². The van der Waals surface area contributed by atoms with Crippen LogP contribution in [0.4, 0.5) is 0 Å². The van der Waals surface area contributed by atoms with Crippen LogP contribution in [0.5, 0.6) is 0 Å². The van der Waals surface area contributed by atoms with E-state index < -0.39 is 0 Å². The summed E-state index contributed by atoms with van der Waals surface area (Å²) in [6, 6.07) is 4.19. The first-order valence-electron chi connectivity index (χ1n) is 6.42. The quantitative estimate of drug-likeness (QED) is 0.901. The normalized spacial score (nSPS) is 16.9. The molecule has 18 heavy (non-hydrogen) atoms. The molecule has 1 aliphatic heterocycles. The summed E-state index contributed by atoms with van der Waals surface area (Å²) in [5.74, 6) is 0.646. The van der Waals surface area contributed by atoms with Crippen LogP contribution < -0.4 is 5.32 Å². The fourth-order valence-electron chi connectivity index (χ4n) is 2.38. The molecule has 2 aromatic heterocycles. The highest BCUT2D eigenvalue weighted by atomic mass is 32.1. The Kier molecular flexibility index (Phi) is 3.39. The number of nitrogens with one attached hydrogen (secondary N) is 1. The Balaban J connectivity index is 1.84. The van der Waals surface area contributed by atoms with E-state index in [1.807, 2.05) is 30.7 Å². The summed E-state index contributed by atoms with van der Waals surface area (Å²) in [7, 11) is 0. The lowest BCUT2D eigenvalue weighted by molar-refractivity contribution is 0.459. The monoisotopic (exact) mass is 259 g/mol. The van der Waals surface area contributed by atoms with Gasteiger partial charge in [0.2, 0.25) is 0 Å². The molecular weight excluding hydrogens is 242 g/mol. The molecule has 1 aliphatic rings. The number of aryl methyl sites for hydroxylation is 1. The lowest BCUT2D eigenvalue weighted by Crippen LogP contribution is -2.26. The largest absolute Gasteiger partial charge is 0.317 e. The van der Waals surface area contributed by atoms with Gasteiger partial charge in [0.25, 0.3) is 0 Å². The standard InChI is InChI=1S/C14H17N3S/c1-10-8-12(4-7-16-10)13-9-17-14(18-13)11-2-5-15-6-3-11/h4,7-9,11,15H,2-3,5-6H2,1H3. The van der Waals surface area contributed by atoms with Crippen LogP contribution in [-0.4, -0.2) is 23.1 Å². The van der Waals surface area contributed by atoms with Crippen molar-refractivity contribution >= 4 is 11.3 Å². The van der Waals surface area contributed by atoms with Gasteiger partial charge in [-0.1, -0.05) is 0 Å². The predicted octanol–water partition coefficient (Wildman–Crippen LogP) is 2.98. The number of aromatic nitrogens is 2. The number of hydrogen-bond donors (Lipinski definition) is 1. The molecule has 0 aromatic carbocycles. The molecular formula is C14H17N3S. The van der Waals surface area contributed by atoms with E-state index in [4.69, 9.17) is 0 Å². The second-order valence-electron chi connectivity index (χ2n) is 4.77. The Labute approximate surface area is 111 Å². The molecule has 0 bridgehead atoms. The van der Waals surface area contributed by atoms with Crippen molar-refractivity contribution in [1.29, 1.82) is 0 Å². The molecule has 0 saturated carbocycles. The third kappa shape index (κ3) is 2.44. The third-order valence-electron chi connectivity index (χ3n) is 3.39. The van der Waals surface area contributed by atoms with Crippen molar-refractivity contribution in [3.8, 4) is 10.4 Å². The van der Waals surface area contributed by atoms with Gasteiger partial charge in [0.1, 0.15) is 0 Å². The number of rotatable bonds is 2.